The summed E-state index contributed by atoms with van der Waals surface area (Å²) >= 11 is 6.01. The average Bonchev–Trinajstić information content (AvgIpc) is 3.41. The number of H-pyrrole nitrogens is 1. The molecule has 0 bridgehead atoms. The first-order valence-electron chi connectivity index (χ1n) is 16.7. The van der Waals surface area contributed by atoms with E-state index in [2.05, 4.69) is 21.8 Å². The van der Waals surface area contributed by atoms with Gasteiger partial charge < -0.3 is 24.8 Å². The number of aromatic amines is 1. The number of phenols is 1. The van der Waals surface area contributed by atoms with Gasteiger partial charge in [0.15, 0.2) is 0 Å². The van der Waals surface area contributed by atoms with Gasteiger partial charge in [-0.3, -0.25) is 19.1 Å². The third kappa shape index (κ3) is 7.37. The van der Waals surface area contributed by atoms with Gasteiger partial charge in [-0.1, -0.05) is 23.7 Å². The zero-order valence-electron chi connectivity index (χ0n) is 27.0. The van der Waals surface area contributed by atoms with Crippen molar-refractivity contribution in [3.8, 4) is 5.75 Å². The van der Waals surface area contributed by atoms with E-state index in [-0.39, 0.29) is 42.0 Å². The van der Waals surface area contributed by atoms with E-state index in [0.717, 1.165) is 43.0 Å². The van der Waals surface area contributed by atoms with Crippen molar-refractivity contribution >= 4 is 34.4 Å². The highest BCUT2D eigenvalue weighted by Crippen LogP contribution is 2.41. The Morgan fingerprint density at radius 3 is 2.25 bits per heavy atom. The summed E-state index contributed by atoms with van der Waals surface area (Å²) in [5, 5.41) is 9.55. The molecule has 0 spiro atoms. The molecule has 1 atom stereocenters. The average molecular weight is 691 g/mol. The first-order valence-corrected chi connectivity index (χ1v) is 17.0. The van der Waals surface area contributed by atoms with Crippen molar-refractivity contribution in [2.75, 3.05) is 59.4 Å². The number of hydrogen-bond acceptors (Lipinski definition) is 6. The fourth-order valence-corrected chi connectivity index (χ4v) is 7.84. The lowest BCUT2D eigenvalue weighted by molar-refractivity contribution is -0.143. The number of aromatic hydroxyl groups is 1. The molecule has 0 aliphatic carbocycles. The Kier molecular flexibility index (Phi) is 10.1. The van der Waals surface area contributed by atoms with Crippen LogP contribution in [-0.4, -0.2) is 112 Å². The van der Waals surface area contributed by atoms with Crippen LogP contribution in [0.3, 0.4) is 0 Å². The number of phenolic OH excluding ortho intramolecular Hbond substituents is 1. The molecular weight excluding hydrogens is 649 g/mol. The van der Waals surface area contributed by atoms with Crippen molar-refractivity contribution in [3.05, 3.63) is 63.0 Å². The summed E-state index contributed by atoms with van der Waals surface area (Å²) in [6.07, 6.45) is -1.93. The van der Waals surface area contributed by atoms with Gasteiger partial charge in [0.2, 0.25) is 11.8 Å². The predicted molar refractivity (Wildman–Crippen MR) is 176 cm³/mol. The number of aromatic nitrogens is 2. The largest absolute Gasteiger partial charge is 0.506 e. The molecule has 3 aromatic rings. The highest BCUT2D eigenvalue weighted by atomic mass is 35.5. The van der Waals surface area contributed by atoms with Crippen LogP contribution in [0.15, 0.2) is 41.2 Å². The molecule has 4 heterocycles. The summed E-state index contributed by atoms with van der Waals surface area (Å²) in [6.45, 7) is 5.17. The van der Waals surface area contributed by atoms with Crippen LogP contribution in [0.25, 0.3) is 11.0 Å². The van der Waals surface area contributed by atoms with E-state index in [1.807, 2.05) is 24.3 Å². The molecule has 0 unspecified atom stereocenters. The number of rotatable bonds is 7. The van der Waals surface area contributed by atoms with Crippen molar-refractivity contribution in [2.45, 2.75) is 56.8 Å². The highest BCUT2D eigenvalue weighted by Gasteiger charge is 2.37. The topological polar surface area (TPSA) is 105 Å². The summed E-state index contributed by atoms with van der Waals surface area (Å²) in [6, 6.07) is 9.86. The maximum atomic E-state index is 14.0. The summed E-state index contributed by atoms with van der Waals surface area (Å²) in [5.74, 6) is -2.51. The normalized spacial score (nSPS) is 20.0. The van der Waals surface area contributed by atoms with Crippen LogP contribution in [0.5, 0.6) is 5.75 Å². The lowest BCUT2D eigenvalue weighted by Gasteiger charge is -2.43. The summed E-state index contributed by atoms with van der Waals surface area (Å²) < 4.78 is 42.9. The van der Waals surface area contributed by atoms with E-state index in [1.54, 1.807) is 14.4 Å². The van der Waals surface area contributed by atoms with Crippen molar-refractivity contribution in [2.24, 2.45) is 5.92 Å². The molecule has 14 heteroatoms. The van der Waals surface area contributed by atoms with Crippen molar-refractivity contribution < 1.29 is 27.9 Å². The first-order chi connectivity index (χ1) is 22.9. The standard InChI is InChI=1S/C34H42ClF3N6O4/c1-40-10-6-24(7-11-40)41-14-16-43(17-15-41)32(47)23(18-22-19-26(34(36,37)38)31(46)27(35)20-22)21-30(45)42-12-8-25(9-13-42)44-29-5-3-2-4-28(29)39-33(44)48/h2-5,19-20,23-25,46H,6-18,21H2,1H3,(H,39,48)/t23-/m0/s1. The lowest BCUT2D eigenvalue weighted by atomic mass is 9.92. The number of amides is 2. The van der Waals surface area contributed by atoms with E-state index in [1.165, 1.54) is 6.07 Å². The first kappa shape index (κ1) is 34.3. The molecular formula is C34H42ClF3N6O4. The number of carbonyl (C=O) groups is 2. The van der Waals surface area contributed by atoms with Gasteiger partial charge in [-0.2, -0.15) is 13.2 Å². The number of likely N-dealkylation sites (tertiary alicyclic amines) is 2. The molecule has 3 aliphatic heterocycles. The molecule has 48 heavy (non-hydrogen) atoms. The van der Waals surface area contributed by atoms with Crippen LogP contribution in [0.2, 0.25) is 5.02 Å². The third-order valence-corrected chi connectivity index (χ3v) is 10.6. The zero-order chi connectivity index (χ0) is 34.2. The van der Waals surface area contributed by atoms with Gasteiger partial charge in [-0.15, -0.1) is 0 Å². The van der Waals surface area contributed by atoms with Gasteiger partial charge in [0.1, 0.15) is 5.75 Å². The maximum absolute atomic E-state index is 14.0. The number of nitrogens with zero attached hydrogens (tertiary/aromatic N) is 5. The Morgan fingerprint density at radius 1 is 0.938 bits per heavy atom. The number of para-hydroxylation sites is 2. The van der Waals surface area contributed by atoms with E-state index >= 15 is 0 Å². The fraction of sp³-hybridized carbons (Fsp3) is 0.559. The monoisotopic (exact) mass is 690 g/mol. The van der Waals surface area contributed by atoms with E-state index in [4.69, 9.17) is 11.6 Å². The van der Waals surface area contributed by atoms with Gasteiger partial charge in [0, 0.05) is 57.8 Å². The third-order valence-electron chi connectivity index (χ3n) is 10.3. The Morgan fingerprint density at radius 2 is 1.58 bits per heavy atom. The quantitative estimate of drug-likeness (QED) is 0.382. The van der Waals surface area contributed by atoms with Crippen molar-refractivity contribution in [1.29, 1.82) is 0 Å². The fourth-order valence-electron chi connectivity index (χ4n) is 7.60. The van der Waals surface area contributed by atoms with Crippen molar-refractivity contribution in [1.82, 2.24) is 29.2 Å². The minimum absolute atomic E-state index is 0.101. The molecule has 2 N–H and O–H groups in total. The Labute approximate surface area is 282 Å². The van der Waals surface area contributed by atoms with E-state index < -0.39 is 28.4 Å². The second-order valence-corrected chi connectivity index (χ2v) is 13.8. The van der Waals surface area contributed by atoms with E-state index in [9.17, 15) is 32.7 Å². The van der Waals surface area contributed by atoms with Crippen LogP contribution in [0.4, 0.5) is 13.2 Å². The molecule has 3 aliphatic rings. The van der Waals surface area contributed by atoms with Crippen LogP contribution in [0.1, 0.15) is 49.3 Å². The number of halogens is 4. The molecule has 2 aromatic carbocycles. The summed E-state index contributed by atoms with van der Waals surface area (Å²) in [4.78, 5) is 51.5. The highest BCUT2D eigenvalue weighted by molar-refractivity contribution is 6.32. The number of imidazole rings is 1. The van der Waals surface area contributed by atoms with Gasteiger partial charge in [0.05, 0.1) is 27.5 Å². The van der Waals surface area contributed by atoms with Crippen LogP contribution in [-0.2, 0) is 22.2 Å². The molecule has 10 nitrogen and oxygen atoms in total. The Hall–Kier alpha value is -3.55. The molecule has 0 radical (unpaired) electrons. The predicted octanol–water partition coefficient (Wildman–Crippen LogP) is 4.36. The van der Waals surface area contributed by atoms with Crippen LogP contribution in [0, 0.1) is 5.92 Å². The van der Waals surface area contributed by atoms with Gasteiger partial charge in [-0.25, -0.2) is 4.79 Å². The minimum atomic E-state index is -4.85. The number of piperidine rings is 2. The number of carbonyl (C=O) groups excluding carboxylic acids is 2. The summed E-state index contributed by atoms with van der Waals surface area (Å²) in [7, 11) is 2.11. The molecule has 260 valence electrons. The summed E-state index contributed by atoms with van der Waals surface area (Å²) in [5.41, 5.74) is 0.202. The second kappa shape index (κ2) is 14.1. The molecule has 3 saturated heterocycles. The molecule has 6 rings (SSSR count). The van der Waals surface area contributed by atoms with Crippen molar-refractivity contribution in [3.63, 3.8) is 0 Å². The second-order valence-electron chi connectivity index (χ2n) is 13.4. The number of benzene rings is 2. The number of fused-ring (bicyclic) bond motifs is 1. The smallest absolute Gasteiger partial charge is 0.420 e. The Balaban J connectivity index is 1.16. The molecule has 3 fully saturated rings. The van der Waals surface area contributed by atoms with E-state index in [0.29, 0.717) is 58.2 Å². The van der Waals surface area contributed by atoms with Gasteiger partial charge in [0.25, 0.3) is 0 Å². The van der Waals surface area contributed by atoms with Crippen LogP contribution < -0.4 is 5.69 Å². The van der Waals surface area contributed by atoms with Crippen LogP contribution >= 0.6 is 11.6 Å². The zero-order valence-corrected chi connectivity index (χ0v) is 27.8. The van der Waals surface area contributed by atoms with Gasteiger partial charge in [-0.05, 0) is 82.1 Å². The Bertz CT molecular complexity index is 1690. The number of piperazine rings is 1. The molecule has 0 saturated carbocycles. The SMILES string of the molecule is CN1CCC(N2CCN(C(=O)[C@H](CC(=O)N3CCC(n4c(=O)[nH]c5ccccc54)CC3)Cc3cc(Cl)c(O)c(C(F)(F)F)c3)CC2)CC1. The molecule has 2 amide bonds. The number of nitrogens with one attached hydrogen (secondary N) is 1. The minimum Gasteiger partial charge on any atom is -0.506 e. The van der Waals surface area contributed by atoms with Gasteiger partial charge >= 0.3 is 11.9 Å². The lowest BCUT2D eigenvalue weighted by Crippen LogP contribution is -2.55. The molecule has 1 aromatic heterocycles. The number of alkyl halides is 3. The number of hydrogen-bond donors (Lipinski definition) is 2. The maximum Gasteiger partial charge on any atom is 0.420 e.